The fraction of sp³-hybridized carbons (Fsp3) is 0.333. The van der Waals surface area contributed by atoms with Crippen molar-refractivity contribution in [2.45, 2.75) is 27.2 Å². The quantitative estimate of drug-likeness (QED) is 0.654. The van der Waals surface area contributed by atoms with Gasteiger partial charge in [0.2, 0.25) is 0 Å². The van der Waals surface area contributed by atoms with Crippen LogP contribution in [0.1, 0.15) is 44.6 Å². The molecule has 1 aliphatic heterocycles. The van der Waals surface area contributed by atoms with Crippen molar-refractivity contribution in [1.29, 1.82) is 0 Å². The van der Waals surface area contributed by atoms with Gasteiger partial charge in [-0.1, -0.05) is 42.0 Å². The van der Waals surface area contributed by atoms with E-state index in [4.69, 9.17) is 0 Å². The molecule has 0 bridgehead atoms. The van der Waals surface area contributed by atoms with Gasteiger partial charge in [0.1, 0.15) is 0 Å². The molecule has 1 saturated heterocycles. The minimum Gasteiger partial charge on any atom is -0.335 e. The number of aromatic nitrogens is 3. The van der Waals surface area contributed by atoms with Gasteiger partial charge in [0.25, 0.3) is 11.8 Å². The van der Waals surface area contributed by atoms with Crippen LogP contribution in [0.3, 0.4) is 0 Å². The van der Waals surface area contributed by atoms with Crippen LogP contribution in [0.4, 0.5) is 0 Å². The van der Waals surface area contributed by atoms with E-state index in [1.165, 1.54) is 5.56 Å². The van der Waals surface area contributed by atoms with Crippen LogP contribution in [0.25, 0.3) is 5.69 Å². The monoisotopic (exact) mass is 417 g/mol. The molecule has 0 unspecified atom stereocenters. The first-order valence-corrected chi connectivity index (χ1v) is 10.6. The molecule has 7 heteroatoms. The zero-order valence-electron chi connectivity index (χ0n) is 18.2. The van der Waals surface area contributed by atoms with Crippen molar-refractivity contribution in [3.05, 3.63) is 76.6 Å². The zero-order chi connectivity index (χ0) is 22.0. The van der Waals surface area contributed by atoms with Crippen LogP contribution in [0.15, 0.2) is 48.5 Å². The van der Waals surface area contributed by atoms with Crippen LogP contribution in [-0.4, -0.2) is 62.8 Å². The van der Waals surface area contributed by atoms with E-state index in [1.807, 2.05) is 62.4 Å². The van der Waals surface area contributed by atoms with Crippen LogP contribution in [0, 0.1) is 13.8 Å². The van der Waals surface area contributed by atoms with Gasteiger partial charge in [-0.25, -0.2) is 4.68 Å². The Kier molecular flexibility index (Phi) is 5.84. The van der Waals surface area contributed by atoms with Crippen molar-refractivity contribution in [2.24, 2.45) is 0 Å². The Morgan fingerprint density at radius 3 is 2.00 bits per heavy atom. The molecule has 4 rings (SSSR count). The lowest BCUT2D eigenvalue weighted by Gasteiger charge is -2.34. The first-order chi connectivity index (χ1) is 15.0. The number of amides is 2. The summed E-state index contributed by atoms with van der Waals surface area (Å²) < 4.78 is 1.69. The molecule has 2 aromatic carbocycles. The molecule has 1 fully saturated rings. The third-order valence-electron chi connectivity index (χ3n) is 5.84. The van der Waals surface area contributed by atoms with E-state index < -0.39 is 0 Å². The lowest BCUT2D eigenvalue weighted by Crippen LogP contribution is -2.50. The normalized spacial score (nSPS) is 14.0. The fourth-order valence-corrected chi connectivity index (χ4v) is 3.79. The van der Waals surface area contributed by atoms with E-state index in [2.05, 4.69) is 17.2 Å². The number of carbonyl (C=O) groups is 2. The molecule has 0 atom stereocenters. The van der Waals surface area contributed by atoms with E-state index in [1.54, 1.807) is 14.5 Å². The Labute approximate surface area is 182 Å². The van der Waals surface area contributed by atoms with E-state index in [0.29, 0.717) is 43.1 Å². The molecule has 7 nitrogen and oxygen atoms in total. The van der Waals surface area contributed by atoms with Crippen LogP contribution < -0.4 is 0 Å². The maximum absolute atomic E-state index is 13.0. The minimum atomic E-state index is -0.143. The Morgan fingerprint density at radius 2 is 1.42 bits per heavy atom. The third-order valence-corrected chi connectivity index (χ3v) is 5.84. The number of carbonyl (C=O) groups excluding carboxylic acids is 2. The number of piperazine rings is 1. The lowest BCUT2D eigenvalue weighted by molar-refractivity contribution is 0.0531. The summed E-state index contributed by atoms with van der Waals surface area (Å²) in [5, 5.41) is 8.33. The topological polar surface area (TPSA) is 71.3 Å². The Morgan fingerprint density at radius 1 is 0.839 bits per heavy atom. The lowest BCUT2D eigenvalue weighted by atomic mass is 10.1. The first-order valence-electron chi connectivity index (χ1n) is 10.6. The predicted molar refractivity (Wildman–Crippen MR) is 118 cm³/mol. The Bertz CT molecular complexity index is 1080. The van der Waals surface area contributed by atoms with Crippen LogP contribution in [0.5, 0.6) is 0 Å². The summed E-state index contributed by atoms with van der Waals surface area (Å²) in [6, 6.07) is 15.7. The molecular formula is C24H27N5O2. The highest BCUT2D eigenvalue weighted by Crippen LogP contribution is 2.16. The van der Waals surface area contributed by atoms with Crippen molar-refractivity contribution >= 4 is 11.8 Å². The zero-order valence-corrected chi connectivity index (χ0v) is 18.2. The maximum Gasteiger partial charge on any atom is 0.276 e. The van der Waals surface area contributed by atoms with E-state index >= 15 is 0 Å². The molecule has 0 aliphatic carbocycles. The van der Waals surface area contributed by atoms with Crippen molar-refractivity contribution in [2.75, 3.05) is 26.2 Å². The van der Waals surface area contributed by atoms with Crippen molar-refractivity contribution < 1.29 is 9.59 Å². The van der Waals surface area contributed by atoms with Gasteiger partial charge in [0, 0.05) is 31.7 Å². The van der Waals surface area contributed by atoms with Gasteiger partial charge >= 0.3 is 0 Å². The molecular weight excluding hydrogens is 390 g/mol. The van der Waals surface area contributed by atoms with Gasteiger partial charge in [0.15, 0.2) is 5.69 Å². The summed E-state index contributed by atoms with van der Waals surface area (Å²) in [5.74, 6) is -0.133. The van der Waals surface area contributed by atoms with Crippen LogP contribution >= 0.6 is 0 Å². The summed E-state index contributed by atoms with van der Waals surface area (Å²) in [6.45, 7) is 7.94. The summed E-state index contributed by atoms with van der Waals surface area (Å²) in [4.78, 5) is 29.4. The van der Waals surface area contributed by atoms with Crippen LogP contribution in [0.2, 0.25) is 0 Å². The second-order valence-electron chi connectivity index (χ2n) is 7.91. The fourth-order valence-electron chi connectivity index (χ4n) is 3.79. The Hall–Kier alpha value is -3.48. The Balaban J connectivity index is 1.41. The SMILES string of the molecule is CCc1ccc(C(=O)N2CCN(C(=O)c3nnn(-c4ccc(C)cc4)c3C)CC2)cc1. The first kappa shape index (κ1) is 20.8. The van der Waals surface area contributed by atoms with Gasteiger partial charge in [-0.2, -0.15) is 0 Å². The highest BCUT2D eigenvalue weighted by molar-refractivity contribution is 5.95. The second-order valence-corrected chi connectivity index (χ2v) is 7.91. The molecule has 2 heterocycles. The number of hydrogen-bond donors (Lipinski definition) is 0. The maximum atomic E-state index is 13.0. The van der Waals surface area contributed by atoms with Crippen molar-refractivity contribution in [1.82, 2.24) is 24.8 Å². The summed E-state index contributed by atoms with van der Waals surface area (Å²) in [7, 11) is 0. The molecule has 160 valence electrons. The van der Waals surface area contributed by atoms with Gasteiger partial charge in [-0.15, -0.1) is 5.10 Å². The highest BCUT2D eigenvalue weighted by Gasteiger charge is 2.28. The highest BCUT2D eigenvalue weighted by atomic mass is 16.2. The number of hydrogen-bond acceptors (Lipinski definition) is 4. The van der Waals surface area contributed by atoms with E-state index in [-0.39, 0.29) is 11.8 Å². The van der Waals surface area contributed by atoms with Crippen molar-refractivity contribution in [3.63, 3.8) is 0 Å². The third kappa shape index (κ3) is 4.21. The molecule has 1 aromatic heterocycles. The number of aryl methyl sites for hydroxylation is 2. The van der Waals surface area contributed by atoms with Gasteiger partial charge in [0.05, 0.1) is 11.4 Å². The summed E-state index contributed by atoms with van der Waals surface area (Å²) >= 11 is 0. The number of rotatable bonds is 4. The molecule has 31 heavy (non-hydrogen) atoms. The smallest absolute Gasteiger partial charge is 0.276 e. The standard InChI is InChI=1S/C24H27N5O2/c1-4-19-7-9-20(10-8-19)23(30)27-13-15-28(16-14-27)24(31)22-18(3)29(26-25-22)21-11-5-17(2)6-12-21/h5-12H,4,13-16H2,1-3H3. The molecule has 1 aliphatic rings. The van der Waals surface area contributed by atoms with Gasteiger partial charge < -0.3 is 9.80 Å². The molecule has 3 aromatic rings. The van der Waals surface area contributed by atoms with Gasteiger partial charge in [-0.05, 0) is 50.1 Å². The summed E-state index contributed by atoms with van der Waals surface area (Å²) in [6.07, 6.45) is 0.948. The van der Waals surface area contributed by atoms with Crippen LogP contribution in [-0.2, 0) is 6.42 Å². The summed E-state index contributed by atoms with van der Waals surface area (Å²) in [5.41, 5.74) is 5.00. The second kappa shape index (κ2) is 8.71. The van der Waals surface area contributed by atoms with Crippen molar-refractivity contribution in [3.8, 4) is 5.69 Å². The molecule has 0 N–H and O–H groups in total. The number of nitrogens with zero attached hydrogens (tertiary/aromatic N) is 5. The van der Waals surface area contributed by atoms with Gasteiger partial charge in [-0.3, -0.25) is 9.59 Å². The van der Waals surface area contributed by atoms with E-state index in [9.17, 15) is 9.59 Å². The average molecular weight is 418 g/mol. The average Bonchev–Trinajstić information content (AvgIpc) is 3.20. The molecule has 2 amide bonds. The molecule has 0 radical (unpaired) electrons. The minimum absolute atomic E-state index is 0.0104. The molecule has 0 spiro atoms. The number of benzene rings is 2. The largest absolute Gasteiger partial charge is 0.335 e. The molecule has 0 saturated carbocycles. The van der Waals surface area contributed by atoms with E-state index in [0.717, 1.165) is 17.7 Å². The predicted octanol–water partition coefficient (Wildman–Crippen LogP) is 3.04.